The van der Waals surface area contributed by atoms with E-state index in [0.717, 1.165) is 43.6 Å². The van der Waals surface area contributed by atoms with Crippen LogP contribution in [0.25, 0.3) is 0 Å². The molecule has 6 atom stereocenters. The van der Waals surface area contributed by atoms with Crippen LogP contribution in [0.4, 0.5) is 5.69 Å². The first-order chi connectivity index (χ1) is 13.1. The summed E-state index contributed by atoms with van der Waals surface area (Å²) in [5, 5.41) is 3.13. The zero-order valence-corrected chi connectivity index (χ0v) is 16.1. The highest BCUT2D eigenvalue weighted by Crippen LogP contribution is 2.55. The van der Waals surface area contributed by atoms with E-state index in [-0.39, 0.29) is 23.8 Å². The number of carbonyl (C=O) groups excluding carboxylic acids is 2. The van der Waals surface area contributed by atoms with E-state index in [9.17, 15) is 9.59 Å². The van der Waals surface area contributed by atoms with Crippen molar-refractivity contribution in [1.82, 2.24) is 4.90 Å². The molecule has 27 heavy (non-hydrogen) atoms. The zero-order valence-electron chi connectivity index (χ0n) is 16.1. The van der Waals surface area contributed by atoms with E-state index in [1.807, 2.05) is 18.2 Å². The summed E-state index contributed by atoms with van der Waals surface area (Å²) in [5.74, 6) is 1.26. The number of rotatable bonds is 1. The maximum Gasteiger partial charge on any atom is 0.309 e. The minimum absolute atomic E-state index is 0.0340. The molecule has 0 aromatic heterocycles. The van der Waals surface area contributed by atoms with Gasteiger partial charge in [0.25, 0.3) is 0 Å². The maximum atomic E-state index is 13.2. The maximum absolute atomic E-state index is 13.2. The normalized spacial score (nSPS) is 40.2. The predicted octanol–water partition coefficient (Wildman–Crippen LogP) is 2.81. The molecule has 0 unspecified atom stereocenters. The van der Waals surface area contributed by atoms with Crippen LogP contribution < -0.4 is 5.32 Å². The summed E-state index contributed by atoms with van der Waals surface area (Å²) in [6, 6.07) is 8.33. The van der Waals surface area contributed by atoms with E-state index in [1.54, 1.807) is 0 Å². The number of amides is 1. The van der Waals surface area contributed by atoms with E-state index in [0.29, 0.717) is 17.8 Å². The molecule has 144 valence electrons. The number of methoxy groups -OCH3 is 1. The van der Waals surface area contributed by atoms with Crippen molar-refractivity contribution in [3.63, 3.8) is 0 Å². The lowest BCUT2D eigenvalue weighted by atomic mass is 9.60. The highest BCUT2D eigenvalue weighted by molar-refractivity contribution is 6.07. The Balaban J connectivity index is 1.53. The highest BCUT2D eigenvalue weighted by atomic mass is 16.5. The van der Waals surface area contributed by atoms with Crippen molar-refractivity contribution in [3.05, 3.63) is 29.8 Å². The summed E-state index contributed by atoms with van der Waals surface area (Å²) < 4.78 is 5.18. The Morgan fingerprint density at radius 3 is 2.93 bits per heavy atom. The minimum Gasteiger partial charge on any atom is -0.469 e. The number of esters is 1. The smallest absolute Gasteiger partial charge is 0.309 e. The Hall–Kier alpha value is -1.88. The second kappa shape index (κ2) is 6.06. The average Bonchev–Trinajstić information content (AvgIpc) is 3.19. The summed E-state index contributed by atoms with van der Waals surface area (Å²) >= 11 is 0. The Morgan fingerprint density at radius 1 is 1.30 bits per heavy atom. The first kappa shape index (κ1) is 17.2. The fraction of sp³-hybridized carbons (Fsp3) is 0.636. The van der Waals surface area contributed by atoms with Gasteiger partial charge in [-0.15, -0.1) is 0 Å². The number of carbonyl (C=O) groups is 2. The van der Waals surface area contributed by atoms with Gasteiger partial charge in [0.1, 0.15) is 0 Å². The standard InChI is InChI=1S/C22H28N2O3/c1-13-7-8-14-12-24-10-9-22(16-5-3-4-6-17(16)23-21(22)26)18(24)11-15(14)19(13)20(25)27-2/h3-6,13-15,18-19H,7-12H2,1-2H3,(H,23,26)/t13-,14-,15-,18-,19-,22-/m0/s1. The van der Waals surface area contributed by atoms with E-state index in [4.69, 9.17) is 4.74 Å². The lowest BCUT2D eigenvalue weighted by molar-refractivity contribution is -0.155. The van der Waals surface area contributed by atoms with Crippen molar-refractivity contribution >= 4 is 17.6 Å². The Labute approximate surface area is 160 Å². The van der Waals surface area contributed by atoms with Crippen LogP contribution in [0.1, 0.15) is 38.2 Å². The molecular weight excluding hydrogens is 340 g/mol. The zero-order chi connectivity index (χ0) is 18.8. The van der Waals surface area contributed by atoms with Crippen molar-refractivity contribution in [2.24, 2.45) is 23.7 Å². The van der Waals surface area contributed by atoms with E-state index in [2.05, 4.69) is 23.2 Å². The molecule has 3 aliphatic heterocycles. The molecule has 0 bridgehead atoms. The molecule has 1 spiro atoms. The fourth-order valence-electron chi connectivity index (χ4n) is 6.69. The van der Waals surface area contributed by atoms with E-state index >= 15 is 0 Å². The Morgan fingerprint density at radius 2 is 2.11 bits per heavy atom. The third-order valence-corrected chi connectivity index (χ3v) is 7.97. The number of nitrogens with one attached hydrogen (secondary N) is 1. The van der Waals surface area contributed by atoms with Crippen LogP contribution in [0.3, 0.4) is 0 Å². The number of ether oxygens (including phenoxy) is 1. The molecule has 5 rings (SSSR count). The second-order valence-electron chi connectivity index (χ2n) is 9.00. The lowest BCUT2D eigenvalue weighted by Crippen LogP contribution is -2.56. The molecule has 2 saturated heterocycles. The van der Waals surface area contributed by atoms with Gasteiger partial charge in [-0.25, -0.2) is 0 Å². The summed E-state index contributed by atoms with van der Waals surface area (Å²) in [7, 11) is 1.51. The number of para-hydroxylation sites is 1. The van der Waals surface area contributed by atoms with Gasteiger partial charge in [0.2, 0.25) is 5.91 Å². The van der Waals surface area contributed by atoms with Crippen LogP contribution in [0.15, 0.2) is 24.3 Å². The Kier molecular flexibility index (Phi) is 3.87. The lowest BCUT2D eigenvalue weighted by Gasteiger charge is -2.50. The quantitative estimate of drug-likeness (QED) is 0.775. The van der Waals surface area contributed by atoms with Crippen LogP contribution in [0, 0.1) is 23.7 Å². The number of benzene rings is 1. The molecule has 4 aliphatic rings. The summed E-state index contributed by atoms with van der Waals surface area (Å²) in [6.45, 7) is 4.16. The molecule has 1 N–H and O–H groups in total. The molecule has 0 radical (unpaired) electrons. The van der Waals surface area contributed by atoms with Crippen LogP contribution in [0.2, 0.25) is 0 Å². The molecule has 5 heteroatoms. The van der Waals surface area contributed by atoms with Gasteiger partial charge in [-0.1, -0.05) is 25.1 Å². The first-order valence-electron chi connectivity index (χ1n) is 10.3. The van der Waals surface area contributed by atoms with Crippen molar-refractivity contribution in [3.8, 4) is 0 Å². The predicted molar refractivity (Wildman–Crippen MR) is 102 cm³/mol. The number of hydrogen-bond acceptors (Lipinski definition) is 4. The largest absolute Gasteiger partial charge is 0.469 e. The van der Waals surface area contributed by atoms with Gasteiger partial charge in [-0.05, 0) is 61.6 Å². The van der Waals surface area contributed by atoms with Gasteiger partial charge >= 0.3 is 5.97 Å². The second-order valence-corrected chi connectivity index (χ2v) is 9.00. The van der Waals surface area contributed by atoms with Crippen molar-refractivity contribution in [2.75, 3.05) is 25.5 Å². The number of fused-ring (bicyclic) bond motifs is 5. The van der Waals surface area contributed by atoms with Crippen LogP contribution in [-0.2, 0) is 19.7 Å². The van der Waals surface area contributed by atoms with E-state index < -0.39 is 5.41 Å². The number of anilines is 1. The molecule has 3 fully saturated rings. The van der Waals surface area contributed by atoms with Crippen LogP contribution in [0.5, 0.6) is 0 Å². The average molecular weight is 368 g/mol. The van der Waals surface area contributed by atoms with Gasteiger partial charge < -0.3 is 10.1 Å². The third kappa shape index (κ3) is 2.27. The fourth-order valence-corrected chi connectivity index (χ4v) is 6.69. The molecule has 1 saturated carbocycles. The number of piperidine rings is 1. The van der Waals surface area contributed by atoms with Crippen LogP contribution in [-0.4, -0.2) is 43.0 Å². The van der Waals surface area contributed by atoms with Gasteiger partial charge in [0, 0.05) is 18.3 Å². The summed E-state index contributed by atoms with van der Waals surface area (Å²) in [4.78, 5) is 28.3. The highest BCUT2D eigenvalue weighted by Gasteiger charge is 2.61. The Bertz CT molecular complexity index is 794. The number of hydrogen-bond donors (Lipinski definition) is 1. The van der Waals surface area contributed by atoms with Gasteiger partial charge in [-0.2, -0.15) is 0 Å². The SMILES string of the molecule is COC(=O)[C@@H]1[C@H]2C[C@@H]3N(CC[C@@]34C(=O)Nc3ccccc34)C[C@@H]2CC[C@@H]1C. The summed E-state index contributed by atoms with van der Waals surface area (Å²) in [5.41, 5.74) is 1.66. The summed E-state index contributed by atoms with van der Waals surface area (Å²) in [6.07, 6.45) is 4.06. The van der Waals surface area contributed by atoms with Crippen molar-refractivity contribution in [2.45, 2.75) is 44.1 Å². The van der Waals surface area contributed by atoms with Gasteiger partial charge in [-0.3, -0.25) is 14.5 Å². The molecule has 1 aliphatic carbocycles. The molecule has 1 amide bonds. The molecule has 3 heterocycles. The molecule has 5 nitrogen and oxygen atoms in total. The van der Waals surface area contributed by atoms with Crippen LogP contribution >= 0.6 is 0 Å². The first-order valence-corrected chi connectivity index (χ1v) is 10.3. The molecule has 1 aromatic rings. The van der Waals surface area contributed by atoms with Crippen molar-refractivity contribution < 1.29 is 14.3 Å². The third-order valence-electron chi connectivity index (χ3n) is 7.97. The van der Waals surface area contributed by atoms with Crippen molar-refractivity contribution in [1.29, 1.82) is 0 Å². The molecule has 1 aromatic carbocycles. The monoisotopic (exact) mass is 368 g/mol. The van der Waals surface area contributed by atoms with E-state index in [1.165, 1.54) is 13.5 Å². The van der Waals surface area contributed by atoms with Gasteiger partial charge in [0.05, 0.1) is 18.4 Å². The molecular formula is C22H28N2O3. The minimum atomic E-state index is -0.455. The van der Waals surface area contributed by atoms with Gasteiger partial charge in [0.15, 0.2) is 0 Å². The topological polar surface area (TPSA) is 58.6 Å². The number of nitrogens with zero attached hydrogens (tertiary/aromatic N) is 1.